The zero-order valence-electron chi connectivity index (χ0n) is 25.4. The number of nitrogens with one attached hydrogen (secondary N) is 1. The van der Waals surface area contributed by atoms with Gasteiger partial charge in [-0.3, -0.25) is 13.9 Å². The highest BCUT2D eigenvalue weighted by atomic mass is 35.5. The number of amides is 2. The lowest BCUT2D eigenvalue weighted by atomic mass is 10.0. The predicted molar refractivity (Wildman–Crippen MR) is 176 cm³/mol. The molecule has 0 bridgehead atoms. The van der Waals surface area contributed by atoms with Gasteiger partial charge in [0.1, 0.15) is 12.6 Å². The first-order valence-corrected chi connectivity index (χ1v) is 16.3. The number of halogens is 1. The molecule has 0 radical (unpaired) electrons. The smallest absolute Gasteiger partial charge is 0.264 e. The molecule has 0 spiro atoms. The molecule has 44 heavy (non-hydrogen) atoms. The summed E-state index contributed by atoms with van der Waals surface area (Å²) in [6.45, 7) is 7.14. The van der Waals surface area contributed by atoms with Gasteiger partial charge in [-0.1, -0.05) is 78.3 Å². The van der Waals surface area contributed by atoms with Crippen LogP contribution < -0.4 is 9.62 Å². The van der Waals surface area contributed by atoms with E-state index in [0.29, 0.717) is 10.7 Å². The highest BCUT2D eigenvalue weighted by Crippen LogP contribution is 2.27. The highest BCUT2D eigenvalue weighted by Gasteiger charge is 2.35. The van der Waals surface area contributed by atoms with E-state index < -0.39 is 28.5 Å². The fraction of sp³-hybridized carbons (Fsp3) is 0.257. The van der Waals surface area contributed by atoms with E-state index in [1.54, 1.807) is 18.2 Å². The molecule has 230 valence electrons. The molecular formula is C35H38ClN3O4S. The van der Waals surface area contributed by atoms with Crippen LogP contribution >= 0.6 is 11.6 Å². The zero-order chi connectivity index (χ0) is 31.9. The topological polar surface area (TPSA) is 86.8 Å². The maximum absolute atomic E-state index is 14.5. The van der Waals surface area contributed by atoms with Crippen molar-refractivity contribution < 1.29 is 18.0 Å². The number of hydrogen-bond acceptors (Lipinski definition) is 4. The second-order valence-electron chi connectivity index (χ2n) is 11.1. The van der Waals surface area contributed by atoms with Gasteiger partial charge in [-0.25, -0.2) is 8.42 Å². The minimum absolute atomic E-state index is 0.0000429. The Hall–Kier alpha value is -4.14. The van der Waals surface area contributed by atoms with Crippen molar-refractivity contribution in [2.75, 3.05) is 10.8 Å². The Bertz CT molecular complexity index is 1690. The van der Waals surface area contributed by atoms with Crippen molar-refractivity contribution >= 4 is 39.1 Å². The number of carbonyl (C=O) groups is 2. The Morgan fingerprint density at radius 1 is 0.841 bits per heavy atom. The summed E-state index contributed by atoms with van der Waals surface area (Å²) >= 11 is 6.05. The molecular weight excluding hydrogens is 594 g/mol. The average molecular weight is 632 g/mol. The standard InChI is InChI=1S/C35H38ClN3O4S/c1-25(2)37-35(41)33(22-28-13-6-5-7-14-28)38(23-29-15-9-8-12-27(29)4)34(40)24-39(31-16-10-11-26(3)21-31)44(42,43)32-19-17-30(36)18-20-32/h5-21,25,33H,22-24H2,1-4H3,(H,37,41)/t33-/m1/s1. The van der Waals surface area contributed by atoms with Crippen molar-refractivity contribution in [3.63, 3.8) is 0 Å². The van der Waals surface area contributed by atoms with Crippen LogP contribution in [-0.4, -0.2) is 43.8 Å². The van der Waals surface area contributed by atoms with Crippen molar-refractivity contribution in [1.29, 1.82) is 0 Å². The SMILES string of the molecule is Cc1cccc(N(CC(=O)N(Cc2ccccc2C)[C@H](Cc2ccccc2)C(=O)NC(C)C)S(=O)(=O)c2ccc(Cl)cc2)c1. The highest BCUT2D eigenvalue weighted by molar-refractivity contribution is 7.92. The number of nitrogens with zero attached hydrogens (tertiary/aromatic N) is 2. The van der Waals surface area contributed by atoms with Crippen molar-refractivity contribution in [3.05, 3.63) is 130 Å². The first kappa shape index (κ1) is 32.8. The molecule has 1 N–H and O–H groups in total. The van der Waals surface area contributed by atoms with Gasteiger partial charge < -0.3 is 10.2 Å². The molecule has 0 heterocycles. The predicted octanol–water partition coefficient (Wildman–Crippen LogP) is 6.32. The molecule has 0 aliphatic heterocycles. The van der Waals surface area contributed by atoms with Crippen LogP contribution in [0.4, 0.5) is 5.69 Å². The Kier molecular flexibility index (Phi) is 10.8. The van der Waals surface area contributed by atoms with Gasteiger partial charge in [-0.15, -0.1) is 0 Å². The Morgan fingerprint density at radius 3 is 2.14 bits per heavy atom. The van der Waals surface area contributed by atoms with Gasteiger partial charge in [0.2, 0.25) is 11.8 Å². The van der Waals surface area contributed by atoms with Gasteiger partial charge >= 0.3 is 0 Å². The number of rotatable bonds is 12. The van der Waals surface area contributed by atoms with Crippen molar-refractivity contribution in [2.45, 2.75) is 57.6 Å². The van der Waals surface area contributed by atoms with Crippen LogP contribution in [0, 0.1) is 13.8 Å². The molecule has 4 aromatic carbocycles. The molecule has 4 aromatic rings. The lowest BCUT2D eigenvalue weighted by Gasteiger charge is -2.34. The number of benzene rings is 4. The molecule has 1 atom stereocenters. The van der Waals surface area contributed by atoms with E-state index in [9.17, 15) is 18.0 Å². The van der Waals surface area contributed by atoms with Gasteiger partial charge in [0.25, 0.3) is 10.0 Å². The van der Waals surface area contributed by atoms with E-state index in [0.717, 1.165) is 26.6 Å². The largest absolute Gasteiger partial charge is 0.352 e. The summed E-state index contributed by atoms with van der Waals surface area (Å²) in [6, 6.07) is 28.9. The summed E-state index contributed by atoms with van der Waals surface area (Å²) in [5, 5.41) is 3.37. The maximum atomic E-state index is 14.5. The molecule has 9 heteroatoms. The van der Waals surface area contributed by atoms with E-state index in [1.807, 2.05) is 88.4 Å². The molecule has 7 nitrogen and oxygen atoms in total. The summed E-state index contributed by atoms with van der Waals surface area (Å²) < 4.78 is 29.3. The van der Waals surface area contributed by atoms with Crippen LogP contribution in [0.1, 0.15) is 36.1 Å². The third kappa shape index (κ3) is 8.27. The lowest BCUT2D eigenvalue weighted by Crippen LogP contribution is -2.54. The first-order valence-electron chi connectivity index (χ1n) is 14.5. The molecule has 2 amide bonds. The summed E-state index contributed by atoms with van der Waals surface area (Å²) in [4.78, 5) is 29.8. The van der Waals surface area contributed by atoms with Gasteiger partial charge in [-0.2, -0.15) is 0 Å². The van der Waals surface area contributed by atoms with Crippen LogP contribution in [0.5, 0.6) is 0 Å². The van der Waals surface area contributed by atoms with Crippen molar-refractivity contribution in [3.8, 4) is 0 Å². The Labute approximate surface area is 265 Å². The average Bonchev–Trinajstić information content (AvgIpc) is 2.98. The number of carbonyl (C=O) groups excluding carboxylic acids is 2. The van der Waals surface area contributed by atoms with Crippen LogP contribution in [-0.2, 0) is 32.6 Å². The maximum Gasteiger partial charge on any atom is 0.264 e. The van der Waals surface area contributed by atoms with Crippen molar-refractivity contribution in [2.24, 2.45) is 0 Å². The van der Waals surface area contributed by atoms with E-state index in [1.165, 1.54) is 29.2 Å². The molecule has 0 aliphatic rings. The summed E-state index contributed by atoms with van der Waals surface area (Å²) in [5.41, 5.74) is 3.87. The normalized spacial score (nSPS) is 12.0. The Morgan fingerprint density at radius 2 is 1.50 bits per heavy atom. The molecule has 0 fully saturated rings. The monoisotopic (exact) mass is 631 g/mol. The van der Waals surface area contributed by atoms with Crippen LogP contribution in [0.25, 0.3) is 0 Å². The molecule has 0 saturated carbocycles. The number of anilines is 1. The number of aryl methyl sites for hydroxylation is 2. The lowest BCUT2D eigenvalue weighted by molar-refractivity contribution is -0.140. The van der Waals surface area contributed by atoms with Crippen LogP contribution in [0.15, 0.2) is 108 Å². The van der Waals surface area contributed by atoms with Gasteiger partial charge in [0, 0.05) is 24.0 Å². The number of hydrogen-bond donors (Lipinski definition) is 1. The first-order chi connectivity index (χ1) is 21.0. The van der Waals surface area contributed by atoms with E-state index >= 15 is 0 Å². The van der Waals surface area contributed by atoms with Crippen LogP contribution in [0.3, 0.4) is 0 Å². The van der Waals surface area contributed by atoms with Crippen molar-refractivity contribution in [1.82, 2.24) is 10.2 Å². The summed E-state index contributed by atoms with van der Waals surface area (Å²) in [7, 11) is -4.19. The molecule has 0 aromatic heterocycles. The van der Waals surface area contributed by atoms with E-state index in [-0.39, 0.29) is 29.8 Å². The van der Waals surface area contributed by atoms with Gasteiger partial charge in [0.15, 0.2) is 0 Å². The fourth-order valence-corrected chi connectivity index (χ4v) is 6.48. The molecule has 0 saturated heterocycles. The molecule has 0 unspecified atom stereocenters. The number of sulfonamides is 1. The third-order valence-electron chi connectivity index (χ3n) is 7.27. The minimum Gasteiger partial charge on any atom is -0.352 e. The molecule has 0 aliphatic carbocycles. The summed E-state index contributed by atoms with van der Waals surface area (Å²) in [5.74, 6) is -0.819. The fourth-order valence-electron chi connectivity index (χ4n) is 4.95. The van der Waals surface area contributed by atoms with Gasteiger partial charge in [0.05, 0.1) is 10.6 Å². The second kappa shape index (κ2) is 14.6. The van der Waals surface area contributed by atoms with E-state index in [4.69, 9.17) is 11.6 Å². The van der Waals surface area contributed by atoms with Gasteiger partial charge in [-0.05, 0) is 86.3 Å². The Balaban J connectivity index is 1.82. The second-order valence-corrected chi connectivity index (χ2v) is 13.4. The summed E-state index contributed by atoms with van der Waals surface area (Å²) in [6.07, 6.45) is 0.255. The molecule has 4 rings (SSSR count). The zero-order valence-corrected chi connectivity index (χ0v) is 27.0. The quantitative estimate of drug-likeness (QED) is 0.198. The van der Waals surface area contributed by atoms with Crippen LogP contribution in [0.2, 0.25) is 5.02 Å². The third-order valence-corrected chi connectivity index (χ3v) is 9.31. The minimum atomic E-state index is -4.19. The van der Waals surface area contributed by atoms with E-state index in [2.05, 4.69) is 5.32 Å².